The molecule has 0 aromatic heterocycles. The van der Waals surface area contributed by atoms with Gasteiger partial charge in [-0.1, -0.05) is 36.4 Å². The second kappa shape index (κ2) is 5.15. The largest absolute Gasteiger partial charge is 1.00 e. The Morgan fingerprint density at radius 2 is 1.79 bits per heavy atom. The number of rotatable bonds is 2. The van der Waals surface area contributed by atoms with Gasteiger partial charge in [0.05, 0.1) is 0 Å². The molecule has 3 heteroatoms. The first-order chi connectivity index (χ1) is 6.42. The molecular formula is C11H9NaO2. The van der Waals surface area contributed by atoms with Crippen molar-refractivity contribution in [3.05, 3.63) is 42.5 Å². The summed E-state index contributed by atoms with van der Waals surface area (Å²) in [7, 11) is 0. The number of fused-ring (bicyclic) bond motifs is 1. The van der Waals surface area contributed by atoms with Gasteiger partial charge in [-0.3, -0.25) is 4.79 Å². The van der Waals surface area contributed by atoms with Gasteiger partial charge in [0.1, 0.15) is 5.75 Å². The fourth-order valence-electron chi connectivity index (χ4n) is 1.35. The van der Waals surface area contributed by atoms with Gasteiger partial charge in [-0.2, -0.15) is 0 Å². The molecule has 66 valence electrons. The van der Waals surface area contributed by atoms with Crippen LogP contribution in [-0.2, 0) is 4.79 Å². The maximum absolute atomic E-state index is 10.2. The normalized spacial score (nSPS) is 9.14. The summed E-state index contributed by atoms with van der Waals surface area (Å²) in [4.78, 5) is 10.2. The van der Waals surface area contributed by atoms with Crippen LogP contribution >= 0.6 is 0 Å². The summed E-state index contributed by atoms with van der Waals surface area (Å²) in [6.07, 6.45) is 0. The van der Waals surface area contributed by atoms with E-state index < -0.39 is 0 Å². The molecule has 0 aliphatic carbocycles. The predicted molar refractivity (Wildman–Crippen MR) is 51.8 cm³/mol. The van der Waals surface area contributed by atoms with Crippen LogP contribution in [0, 0.1) is 0 Å². The monoisotopic (exact) mass is 196 g/mol. The summed E-state index contributed by atoms with van der Waals surface area (Å²) in [6.45, 7) is 0.446. The molecule has 0 saturated heterocycles. The molecule has 0 unspecified atom stereocenters. The van der Waals surface area contributed by atoms with Crippen LogP contribution in [0.15, 0.2) is 42.5 Å². The maximum atomic E-state index is 10.2. The Hall–Kier alpha value is -0.830. The smallest absolute Gasteiger partial charge is 1.00 e. The SMILES string of the molecule is O=COc1cccc2ccccc12.[H-].[Na+]. The first-order valence-corrected chi connectivity index (χ1v) is 4.00. The van der Waals surface area contributed by atoms with E-state index in [1.807, 2.05) is 36.4 Å². The number of carbonyl (C=O) groups is 1. The molecule has 2 aromatic carbocycles. The summed E-state index contributed by atoms with van der Waals surface area (Å²) in [5.74, 6) is 0.605. The Labute approximate surface area is 106 Å². The molecule has 0 aliphatic heterocycles. The molecule has 0 bridgehead atoms. The quantitative estimate of drug-likeness (QED) is 0.478. The molecule has 2 aromatic rings. The Morgan fingerprint density at radius 1 is 1.07 bits per heavy atom. The van der Waals surface area contributed by atoms with Crippen LogP contribution in [0.5, 0.6) is 5.75 Å². The van der Waals surface area contributed by atoms with Crippen LogP contribution in [0.4, 0.5) is 0 Å². The minimum Gasteiger partial charge on any atom is -1.00 e. The summed E-state index contributed by atoms with van der Waals surface area (Å²) < 4.78 is 4.84. The Bertz CT molecular complexity index is 440. The van der Waals surface area contributed by atoms with Gasteiger partial charge in [0.15, 0.2) is 0 Å². The molecule has 2 rings (SSSR count). The van der Waals surface area contributed by atoms with E-state index in [2.05, 4.69) is 0 Å². The number of benzene rings is 2. The third-order valence-electron chi connectivity index (χ3n) is 1.92. The van der Waals surface area contributed by atoms with Crippen molar-refractivity contribution in [1.29, 1.82) is 0 Å². The fraction of sp³-hybridized carbons (Fsp3) is 0. The number of ether oxygens (including phenoxy) is 1. The molecule has 0 atom stereocenters. The van der Waals surface area contributed by atoms with Crippen molar-refractivity contribution in [3.8, 4) is 5.75 Å². The van der Waals surface area contributed by atoms with E-state index in [4.69, 9.17) is 4.74 Å². The average molecular weight is 196 g/mol. The minimum atomic E-state index is 0. The van der Waals surface area contributed by atoms with Crippen LogP contribution in [-0.4, -0.2) is 6.47 Å². The number of carbonyl (C=O) groups excluding carboxylic acids is 1. The van der Waals surface area contributed by atoms with Crippen molar-refractivity contribution >= 4 is 17.2 Å². The standard InChI is InChI=1S/C11H8O2.Na.H/c12-8-13-11-7-3-5-9-4-1-2-6-10(9)11;;/h1-8H;;/q;+1;-1. The van der Waals surface area contributed by atoms with Gasteiger partial charge in [0, 0.05) is 5.39 Å². The van der Waals surface area contributed by atoms with E-state index in [0.717, 1.165) is 10.8 Å². The summed E-state index contributed by atoms with van der Waals surface area (Å²) in [5, 5.41) is 2.03. The molecule has 0 radical (unpaired) electrons. The zero-order chi connectivity index (χ0) is 9.10. The van der Waals surface area contributed by atoms with E-state index in [0.29, 0.717) is 12.2 Å². The van der Waals surface area contributed by atoms with Crippen molar-refractivity contribution in [2.75, 3.05) is 0 Å². The van der Waals surface area contributed by atoms with Crippen LogP contribution in [0.3, 0.4) is 0 Å². The topological polar surface area (TPSA) is 26.3 Å². The Kier molecular flexibility index (Phi) is 4.14. The molecule has 0 fully saturated rings. The van der Waals surface area contributed by atoms with Gasteiger partial charge in [0.25, 0.3) is 6.47 Å². The second-order valence-corrected chi connectivity index (χ2v) is 2.69. The molecule has 0 saturated carbocycles. The van der Waals surface area contributed by atoms with Crippen molar-refractivity contribution in [1.82, 2.24) is 0 Å². The summed E-state index contributed by atoms with van der Waals surface area (Å²) >= 11 is 0. The van der Waals surface area contributed by atoms with Crippen molar-refractivity contribution in [2.45, 2.75) is 0 Å². The van der Waals surface area contributed by atoms with Crippen LogP contribution in [0.25, 0.3) is 10.8 Å². The minimum absolute atomic E-state index is 0. The van der Waals surface area contributed by atoms with Gasteiger partial charge in [-0.25, -0.2) is 0 Å². The summed E-state index contributed by atoms with van der Waals surface area (Å²) in [5.41, 5.74) is 0. The third-order valence-corrected chi connectivity index (χ3v) is 1.92. The van der Waals surface area contributed by atoms with Gasteiger partial charge < -0.3 is 6.16 Å². The summed E-state index contributed by atoms with van der Waals surface area (Å²) in [6, 6.07) is 13.4. The molecule has 0 heterocycles. The second-order valence-electron chi connectivity index (χ2n) is 2.69. The molecule has 0 N–H and O–H groups in total. The van der Waals surface area contributed by atoms with Crippen molar-refractivity contribution in [3.63, 3.8) is 0 Å². The number of hydrogen-bond donors (Lipinski definition) is 0. The average Bonchev–Trinajstić information content (AvgIpc) is 2.19. The molecular weight excluding hydrogens is 187 g/mol. The molecule has 0 aliphatic rings. The van der Waals surface area contributed by atoms with E-state index in [9.17, 15) is 4.79 Å². The van der Waals surface area contributed by atoms with Gasteiger partial charge in [0.2, 0.25) is 0 Å². The fourth-order valence-corrected chi connectivity index (χ4v) is 1.35. The Morgan fingerprint density at radius 3 is 2.57 bits per heavy atom. The molecule has 14 heavy (non-hydrogen) atoms. The third kappa shape index (κ3) is 2.15. The van der Waals surface area contributed by atoms with Crippen molar-refractivity contribution in [2.24, 2.45) is 0 Å². The molecule has 0 amide bonds. The van der Waals surface area contributed by atoms with E-state index >= 15 is 0 Å². The van der Waals surface area contributed by atoms with Gasteiger partial charge in [-0.05, 0) is 11.5 Å². The van der Waals surface area contributed by atoms with Crippen LogP contribution in [0.2, 0.25) is 0 Å². The van der Waals surface area contributed by atoms with Crippen LogP contribution in [0.1, 0.15) is 1.43 Å². The van der Waals surface area contributed by atoms with E-state index in [-0.39, 0.29) is 31.0 Å². The van der Waals surface area contributed by atoms with Crippen LogP contribution < -0.4 is 34.3 Å². The van der Waals surface area contributed by atoms with Gasteiger partial charge >= 0.3 is 29.6 Å². The first-order valence-electron chi connectivity index (χ1n) is 4.00. The zero-order valence-electron chi connectivity index (χ0n) is 8.94. The van der Waals surface area contributed by atoms with E-state index in [1.54, 1.807) is 6.07 Å². The van der Waals surface area contributed by atoms with Gasteiger partial charge in [-0.15, -0.1) is 0 Å². The first kappa shape index (κ1) is 11.2. The number of hydrogen-bond acceptors (Lipinski definition) is 2. The maximum Gasteiger partial charge on any atom is 1.00 e. The molecule has 2 nitrogen and oxygen atoms in total. The molecule has 0 spiro atoms. The Balaban J connectivity index is 0.000000980. The predicted octanol–water partition coefficient (Wildman–Crippen LogP) is -0.508. The van der Waals surface area contributed by atoms with Crippen molar-refractivity contribution < 1.29 is 40.5 Å². The zero-order valence-corrected chi connectivity index (χ0v) is 9.94. The van der Waals surface area contributed by atoms with E-state index in [1.165, 1.54) is 0 Å².